The fraction of sp³-hybridized carbons (Fsp3) is 0.174. The number of nitrogens with zero attached hydrogens (tertiary/aromatic N) is 2. The maximum absolute atomic E-state index is 12.8. The van der Waals surface area contributed by atoms with Gasteiger partial charge in [0.1, 0.15) is 6.54 Å². The smallest absolute Gasteiger partial charge is 0.260 e. The second-order valence-electron chi connectivity index (χ2n) is 6.82. The molecule has 0 aromatic heterocycles. The number of hydrazone groups is 1. The first-order valence-corrected chi connectivity index (χ1v) is 9.53. The molecule has 1 N–H and O–H groups in total. The SMILES string of the molecule is COc1cc(/C=N\NC(=O)CN2C(=O)c3cccc4cccc2c34)cc(OC)c1OC. The van der Waals surface area contributed by atoms with Gasteiger partial charge in [0.2, 0.25) is 5.75 Å². The van der Waals surface area contributed by atoms with Crippen molar-refractivity contribution in [3.05, 3.63) is 59.7 Å². The van der Waals surface area contributed by atoms with Gasteiger partial charge >= 0.3 is 0 Å². The first-order valence-electron chi connectivity index (χ1n) is 9.53. The Morgan fingerprint density at radius 2 is 1.71 bits per heavy atom. The van der Waals surface area contributed by atoms with Crippen molar-refractivity contribution >= 4 is 34.5 Å². The molecular formula is C23H21N3O5. The summed E-state index contributed by atoms with van der Waals surface area (Å²) >= 11 is 0. The van der Waals surface area contributed by atoms with Crippen molar-refractivity contribution in [2.24, 2.45) is 5.10 Å². The zero-order valence-electron chi connectivity index (χ0n) is 17.3. The number of nitrogens with one attached hydrogen (secondary N) is 1. The van der Waals surface area contributed by atoms with Crippen LogP contribution in [0.2, 0.25) is 0 Å². The highest BCUT2D eigenvalue weighted by Crippen LogP contribution is 2.38. The van der Waals surface area contributed by atoms with E-state index in [9.17, 15) is 9.59 Å². The lowest BCUT2D eigenvalue weighted by Crippen LogP contribution is -2.37. The quantitative estimate of drug-likeness (QED) is 0.470. The first-order chi connectivity index (χ1) is 15.1. The molecule has 1 aliphatic rings. The Kier molecular flexibility index (Phi) is 5.44. The Hall–Kier alpha value is -4.07. The Morgan fingerprint density at radius 3 is 2.35 bits per heavy atom. The van der Waals surface area contributed by atoms with E-state index in [0.29, 0.717) is 28.4 Å². The van der Waals surface area contributed by atoms with Crippen LogP contribution in [0.25, 0.3) is 10.8 Å². The van der Waals surface area contributed by atoms with Crippen LogP contribution in [0, 0.1) is 0 Å². The van der Waals surface area contributed by atoms with Gasteiger partial charge in [-0.2, -0.15) is 5.10 Å². The van der Waals surface area contributed by atoms with Crippen LogP contribution in [0.15, 0.2) is 53.6 Å². The van der Waals surface area contributed by atoms with Gasteiger partial charge in [-0.25, -0.2) is 5.43 Å². The fourth-order valence-corrected chi connectivity index (χ4v) is 3.67. The molecule has 1 heterocycles. The van der Waals surface area contributed by atoms with Crippen LogP contribution >= 0.6 is 0 Å². The fourth-order valence-electron chi connectivity index (χ4n) is 3.67. The molecule has 158 valence electrons. The molecule has 0 aliphatic carbocycles. The lowest BCUT2D eigenvalue weighted by molar-refractivity contribution is -0.119. The summed E-state index contributed by atoms with van der Waals surface area (Å²) in [5.41, 5.74) is 4.43. The Labute approximate surface area is 179 Å². The van der Waals surface area contributed by atoms with E-state index in [2.05, 4.69) is 10.5 Å². The average molecular weight is 419 g/mol. The van der Waals surface area contributed by atoms with Crippen molar-refractivity contribution in [1.29, 1.82) is 0 Å². The van der Waals surface area contributed by atoms with Gasteiger partial charge < -0.3 is 14.2 Å². The summed E-state index contributed by atoms with van der Waals surface area (Å²) in [6.45, 7) is -0.140. The predicted octanol–water partition coefficient (Wildman–Crippen LogP) is 2.98. The van der Waals surface area contributed by atoms with Gasteiger partial charge in [-0.3, -0.25) is 14.5 Å². The summed E-state index contributed by atoms with van der Waals surface area (Å²) in [5, 5.41) is 5.83. The number of anilines is 1. The molecule has 2 amide bonds. The van der Waals surface area contributed by atoms with Crippen LogP contribution in [-0.2, 0) is 4.79 Å². The normalized spacial score (nSPS) is 12.5. The third-order valence-electron chi connectivity index (χ3n) is 5.04. The van der Waals surface area contributed by atoms with E-state index in [1.807, 2.05) is 30.3 Å². The molecule has 0 fully saturated rings. The molecular weight excluding hydrogens is 398 g/mol. The molecule has 8 heteroatoms. The van der Waals surface area contributed by atoms with E-state index in [1.54, 1.807) is 18.2 Å². The van der Waals surface area contributed by atoms with Crippen LogP contribution in [0.5, 0.6) is 17.2 Å². The molecule has 0 radical (unpaired) electrons. The number of carbonyl (C=O) groups is 2. The van der Waals surface area contributed by atoms with E-state index >= 15 is 0 Å². The standard InChI is InChI=1S/C23H21N3O5/c1-29-18-10-14(11-19(30-2)22(18)31-3)12-24-25-20(27)13-26-17-9-5-7-15-6-4-8-16(21(15)17)23(26)28/h4-12H,13H2,1-3H3,(H,25,27)/b24-12-. The number of hydrogen-bond acceptors (Lipinski definition) is 6. The number of benzene rings is 3. The number of methoxy groups -OCH3 is 3. The Morgan fingerprint density at radius 1 is 1.03 bits per heavy atom. The van der Waals surface area contributed by atoms with Crippen LogP contribution < -0.4 is 24.5 Å². The molecule has 31 heavy (non-hydrogen) atoms. The second-order valence-corrected chi connectivity index (χ2v) is 6.82. The van der Waals surface area contributed by atoms with Crippen molar-refractivity contribution < 1.29 is 23.8 Å². The molecule has 0 spiro atoms. The monoisotopic (exact) mass is 419 g/mol. The largest absolute Gasteiger partial charge is 0.493 e. The zero-order chi connectivity index (χ0) is 22.0. The highest BCUT2D eigenvalue weighted by atomic mass is 16.5. The minimum Gasteiger partial charge on any atom is -0.493 e. The summed E-state index contributed by atoms with van der Waals surface area (Å²) in [5.74, 6) is 0.802. The average Bonchev–Trinajstić information content (AvgIpc) is 3.06. The minimum absolute atomic E-state index is 0.140. The van der Waals surface area contributed by atoms with E-state index in [0.717, 1.165) is 16.5 Å². The maximum Gasteiger partial charge on any atom is 0.260 e. The van der Waals surface area contributed by atoms with Gasteiger partial charge in [0.25, 0.3) is 11.8 Å². The topological polar surface area (TPSA) is 89.5 Å². The first kappa shape index (κ1) is 20.2. The van der Waals surface area contributed by atoms with Crippen molar-refractivity contribution in [2.75, 3.05) is 32.8 Å². The highest BCUT2D eigenvalue weighted by molar-refractivity contribution is 6.26. The second kappa shape index (κ2) is 8.35. The van der Waals surface area contributed by atoms with Crippen LogP contribution in [0.4, 0.5) is 5.69 Å². The third kappa shape index (κ3) is 3.63. The molecule has 0 unspecified atom stereocenters. The molecule has 8 nitrogen and oxygen atoms in total. The summed E-state index contributed by atoms with van der Waals surface area (Å²) in [4.78, 5) is 26.7. The van der Waals surface area contributed by atoms with Crippen LogP contribution in [-0.4, -0.2) is 45.9 Å². The summed E-state index contributed by atoms with van der Waals surface area (Å²) < 4.78 is 15.9. The molecule has 4 rings (SSSR count). The van der Waals surface area contributed by atoms with Crippen molar-refractivity contribution in [2.45, 2.75) is 0 Å². The van der Waals surface area contributed by atoms with Crippen molar-refractivity contribution in [3.8, 4) is 17.2 Å². The number of carbonyl (C=O) groups excluding carboxylic acids is 2. The van der Waals surface area contributed by atoms with E-state index in [1.165, 1.54) is 32.4 Å². The molecule has 0 bridgehead atoms. The molecule has 3 aromatic rings. The predicted molar refractivity (Wildman–Crippen MR) is 117 cm³/mol. The minimum atomic E-state index is -0.415. The Balaban J connectivity index is 1.48. The van der Waals surface area contributed by atoms with Gasteiger partial charge in [0, 0.05) is 16.5 Å². The molecule has 3 aromatic carbocycles. The number of hydrogen-bond donors (Lipinski definition) is 1. The van der Waals surface area contributed by atoms with Crippen molar-refractivity contribution in [3.63, 3.8) is 0 Å². The summed E-state index contributed by atoms with van der Waals surface area (Å²) in [6.07, 6.45) is 1.46. The lowest BCUT2D eigenvalue weighted by atomic mass is 10.1. The van der Waals surface area contributed by atoms with Crippen LogP contribution in [0.1, 0.15) is 15.9 Å². The number of ether oxygens (including phenoxy) is 3. The van der Waals surface area contributed by atoms with E-state index in [-0.39, 0.29) is 12.5 Å². The van der Waals surface area contributed by atoms with E-state index < -0.39 is 5.91 Å². The highest BCUT2D eigenvalue weighted by Gasteiger charge is 2.30. The van der Waals surface area contributed by atoms with Gasteiger partial charge in [-0.05, 0) is 29.7 Å². The molecule has 0 saturated carbocycles. The third-order valence-corrected chi connectivity index (χ3v) is 5.04. The zero-order valence-corrected chi connectivity index (χ0v) is 17.3. The Bertz CT molecular complexity index is 1170. The van der Waals surface area contributed by atoms with Gasteiger partial charge in [-0.1, -0.05) is 24.3 Å². The lowest BCUT2D eigenvalue weighted by Gasteiger charge is -2.16. The summed E-state index contributed by atoms with van der Waals surface area (Å²) in [6, 6.07) is 14.6. The number of amides is 2. The molecule has 1 aliphatic heterocycles. The maximum atomic E-state index is 12.8. The van der Waals surface area contributed by atoms with Crippen molar-refractivity contribution in [1.82, 2.24) is 5.43 Å². The van der Waals surface area contributed by atoms with E-state index in [4.69, 9.17) is 14.2 Å². The molecule has 0 atom stereocenters. The van der Waals surface area contributed by atoms with Gasteiger partial charge in [0.05, 0.1) is 33.2 Å². The van der Waals surface area contributed by atoms with Gasteiger partial charge in [0.15, 0.2) is 11.5 Å². The van der Waals surface area contributed by atoms with Crippen LogP contribution in [0.3, 0.4) is 0 Å². The van der Waals surface area contributed by atoms with Gasteiger partial charge in [-0.15, -0.1) is 0 Å². The summed E-state index contributed by atoms with van der Waals surface area (Å²) in [7, 11) is 4.56. The number of rotatable bonds is 7. The molecule has 0 saturated heterocycles.